The summed E-state index contributed by atoms with van der Waals surface area (Å²) >= 11 is 5.08. The highest BCUT2D eigenvalue weighted by atomic mass is 32.1. The van der Waals surface area contributed by atoms with E-state index in [9.17, 15) is 4.39 Å². The fraction of sp³-hybridized carbons (Fsp3) is 0.0667. The lowest BCUT2D eigenvalue weighted by Gasteiger charge is -2.07. The smallest absolute Gasteiger partial charge is 0.191 e. The Bertz CT molecular complexity index is 644. The van der Waals surface area contributed by atoms with E-state index in [1.807, 2.05) is 24.3 Å². The lowest BCUT2D eigenvalue weighted by Crippen LogP contribution is -2.23. The Labute approximate surface area is 127 Å². The summed E-state index contributed by atoms with van der Waals surface area (Å²) in [5, 5.41) is 7.24. The van der Waals surface area contributed by atoms with Crippen LogP contribution in [0.5, 0.6) is 5.75 Å². The fourth-order valence-electron chi connectivity index (χ4n) is 1.63. The molecule has 0 fully saturated rings. The first kappa shape index (κ1) is 14.9. The number of hydrogen-bond acceptors (Lipinski definition) is 3. The van der Waals surface area contributed by atoms with Crippen LogP contribution < -0.4 is 15.5 Å². The zero-order valence-corrected chi connectivity index (χ0v) is 12.2. The van der Waals surface area contributed by atoms with Crippen LogP contribution in [0.25, 0.3) is 0 Å². The number of thiocarbonyl (C=S) groups is 1. The van der Waals surface area contributed by atoms with E-state index in [2.05, 4.69) is 15.8 Å². The summed E-state index contributed by atoms with van der Waals surface area (Å²) in [7, 11) is 1.60. The Morgan fingerprint density at radius 2 is 1.90 bits per heavy atom. The van der Waals surface area contributed by atoms with Gasteiger partial charge >= 0.3 is 0 Å². The number of methoxy groups -OCH3 is 1. The van der Waals surface area contributed by atoms with E-state index in [0.717, 1.165) is 11.3 Å². The highest BCUT2D eigenvalue weighted by Gasteiger charge is 1.99. The molecule has 0 saturated carbocycles. The average Bonchev–Trinajstić information content (AvgIpc) is 2.50. The van der Waals surface area contributed by atoms with Crippen LogP contribution in [0.4, 0.5) is 10.1 Å². The third-order valence-corrected chi connectivity index (χ3v) is 2.80. The zero-order chi connectivity index (χ0) is 15.1. The van der Waals surface area contributed by atoms with Gasteiger partial charge in [0.25, 0.3) is 0 Å². The number of benzene rings is 2. The maximum Gasteiger partial charge on any atom is 0.191 e. The highest BCUT2D eigenvalue weighted by molar-refractivity contribution is 7.80. The van der Waals surface area contributed by atoms with Gasteiger partial charge in [0.2, 0.25) is 0 Å². The minimum absolute atomic E-state index is 0.298. The molecule has 0 radical (unpaired) electrons. The van der Waals surface area contributed by atoms with E-state index in [-0.39, 0.29) is 5.82 Å². The summed E-state index contributed by atoms with van der Waals surface area (Å²) in [6.45, 7) is 0. The Morgan fingerprint density at radius 3 is 2.62 bits per heavy atom. The Morgan fingerprint density at radius 1 is 1.19 bits per heavy atom. The second kappa shape index (κ2) is 7.35. The van der Waals surface area contributed by atoms with Crippen LogP contribution in [0.2, 0.25) is 0 Å². The van der Waals surface area contributed by atoms with Crippen molar-refractivity contribution < 1.29 is 9.13 Å². The third-order valence-electron chi connectivity index (χ3n) is 2.61. The first-order chi connectivity index (χ1) is 10.2. The molecule has 0 aliphatic rings. The van der Waals surface area contributed by atoms with Crippen LogP contribution in [-0.4, -0.2) is 18.4 Å². The Kier molecular flexibility index (Phi) is 5.22. The summed E-state index contributed by atoms with van der Waals surface area (Å²) in [4.78, 5) is 0. The predicted molar refractivity (Wildman–Crippen MR) is 86.3 cm³/mol. The summed E-state index contributed by atoms with van der Waals surface area (Å²) in [5.74, 6) is 0.425. The van der Waals surface area contributed by atoms with Crippen LogP contribution in [0.15, 0.2) is 53.6 Å². The fourth-order valence-corrected chi connectivity index (χ4v) is 1.80. The molecular weight excluding hydrogens is 289 g/mol. The standard InChI is InChI=1S/C15H14FN3OS/c1-20-14-5-3-2-4-11(14)10-17-19-15(21)18-13-8-6-12(16)7-9-13/h2-10H,1H3,(H2,18,19,21)/b17-10+. The molecule has 2 rings (SSSR count). The lowest BCUT2D eigenvalue weighted by molar-refractivity contribution is 0.414. The molecule has 0 unspecified atom stereocenters. The zero-order valence-electron chi connectivity index (χ0n) is 11.3. The van der Waals surface area contributed by atoms with Crippen molar-refractivity contribution in [3.05, 3.63) is 59.9 Å². The van der Waals surface area contributed by atoms with Gasteiger partial charge in [-0.15, -0.1) is 0 Å². The predicted octanol–water partition coefficient (Wildman–Crippen LogP) is 3.15. The van der Waals surface area contributed by atoms with Crippen molar-refractivity contribution in [1.29, 1.82) is 0 Å². The van der Waals surface area contributed by atoms with E-state index in [0.29, 0.717) is 10.8 Å². The number of nitrogens with zero attached hydrogens (tertiary/aromatic N) is 1. The van der Waals surface area contributed by atoms with Gasteiger partial charge in [-0.1, -0.05) is 12.1 Å². The summed E-state index contributed by atoms with van der Waals surface area (Å²) < 4.78 is 18.0. The molecule has 2 N–H and O–H groups in total. The van der Waals surface area contributed by atoms with Crippen LogP contribution in [-0.2, 0) is 0 Å². The molecule has 0 spiro atoms. The highest BCUT2D eigenvalue weighted by Crippen LogP contribution is 2.14. The molecule has 2 aromatic carbocycles. The number of anilines is 1. The van der Waals surface area contributed by atoms with E-state index in [1.165, 1.54) is 12.1 Å². The van der Waals surface area contributed by atoms with E-state index >= 15 is 0 Å². The monoisotopic (exact) mass is 303 g/mol. The first-order valence-electron chi connectivity index (χ1n) is 6.17. The second-order valence-corrected chi connectivity index (χ2v) is 4.48. The van der Waals surface area contributed by atoms with Crippen molar-refractivity contribution in [1.82, 2.24) is 5.43 Å². The van der Waals surface area contributed by atoms with Crippen molar-refractivity contribution in [2.45, 2.75) is 0 Å². The normalized spacial score (nSPS) is 10.4. The number of nitrogens with one attached hydrogen (secondary N) is 2. The largest absolute Gasteiger partial charge is 0.496 e. The maximum atomic E-state index is 12.8. The molecule has 0 aliphatic carbocycles. The number of ether oxygens (including phenoxy) is 1. The minimum atomic E-state index is -0.298. The molecule has 0 saturated heterocycles. The number of halogens is 1. The van der Waals surface area contributed by atoms with Gasteiger partial charge in [-0.2, -0.15) is 5.10 Å². The van der Waals surface area contributed by atoms with E-state index in [1.54, 1.807) is 25.5 Å². The van der Waals surface area contributed by atoms with Crippen LogP contribution in [0.3, 0.4) is 0 Å². The number of para-hydroxylation sites is 1. The second-order valence-electron chi connectivity index (χ2n) is 4.07. The summed E-state index contributed by atoms with van der Waals surface area (Å²) in [5.41, 5.74) is 4.20. The quantitative estimate of drug-likeness (QED) is 0.517. The van der Waals surface area contributed by atoms with Gasteiger partial charge < -0.3 is 10.1 Å². The molecule has 0 aromatic heterocycles. The van der Waals surface area contributed by atoms with Crippen molar-refractivity contribution in [3.8, 4) is 5.75 Å². The SMILES string of the molecule is COc1ccccc1/C=N/NC(=S)Nc1ccc(F)cc1. The summed E-state index contributed by atoms with van der Waals surface area (Å²) in [6, 6.07) is 13.4. The van der Waals surface area contributed by atoms with Crippen LogP contribution in [0.1, 0.15) is 5.56 Å². The van der Waals surface area contributed by atoms with Gasteiger partial charge in [0.1, 0.15) is 11.6 Å². The van der Waals surface area contributed by atoms with Gasteiger partial charge in [-0.25, -0.2) is 4.39 Å². The first-order valence-corrected chi connectivity index (χ1v) is 6.58. The molecule has 108 valence electrons. The molecule has 4 nitrogen and oxygen atoms in total. The Hall–Kier alpha value is -2.47. The molecule has 0 atom stereocenters. The molecule has 21 heavy (non-hydrogen) atoms. The van der Waals surface area contributed by atoms with Crippen LogP contribution >= 0.6 is 12.2 Å². The topological polar surface area (TPSA) is 45.6 Å². The average molecular weight is 303 g/mol. The lowest BCUT2D eigenvalue weighted by atomic mass is 10.2. The molecule has 0 amide bonds. The maximum absolute atomic E-state index is 12.8. The van der Waals surface area contributed by atoms with Gasteiger partial charge in [-0.3, -0.25) is 5.43 Å². The molecular formula is C15H14FN3OS. The molecule has 6 heteroatoms. The van der Waals surface area contributed by atoms with Crippen molar-refractivity contribution in [2.75, 3.05) is 12.4 Å². The summed E-state index contributed by atoms with van der Waals surface area (Å²) in [6.07, 6.45) is 1.61. The van der Waals surface area contributed by atoms with Gasteiger partial charge in [0, 0.05) is 11.3 Å². The van der Waals surface area contributed by atoms with Crippen molar-refractivity contribution in [2.24, 2.45) is 5.10 Å². The number of rotatable bonds is 4. The van der Waals surface area contributed by atoms with Crippen LogP contribution in [0, 0.1) is 5.82 Å². The van der Waals surface area contributed by atoms with Crippen molar-refractivity contribution >= 4 is 29.2 Å². The van der Waals surface area contributed by atoms with E-state index in [4.69, 9.17) is 17.0 Å². The number of hydrazone groups is 1. The molecule has 0 bridgehead atoms. The van der Waals surface area contributed by atoms with Gasteiger partial charge in [-0.05, 0) is 48.6 Å². The molecule has 0 heterocycles. The molecule has 2 aromatic rings. The van der Waals surface area contributed by atoms with Gasteiger partial charge in [0.15, 0.2) is 5.11 Å². The van der Waals surface area contributed by atoms with E-state index < -0.39 is 0 Å². The molecule has 0 aliphatic heterocycles. The number of hydrogen-bond donors (Lipinski definition) is 2. The Balaban J connectivity index is 1.91. The van der Waals surface area contributed by atoms with Gasteiger partial charge in [0.05, 0.1) is 13.3 Å². The van der Waals surface area contributed by atoms with Crippen molar-refractivity contribution in [3.63, 3.8) is 0 Å². The minimum Gasteiger partial charge on any atom is -0.496 e. The third kappa shape index (κ3) is 4.54.